The van der Waals surface area contributed by atoms with Crippen LogP contribution < -0.4 is 0 Å². The SMILES string of the molecule is Cc1cc(C)c2c(CC(=O)N3CCC(O)(C4CCOCC4)C(C)C3)coc2c1. The molecule has 3 heterocycles. The van der Waals surface area contributed by atoms with E-state index < -0.39 is 5.60 Å². The topological polar surface area (TPSA) is 62.9 Å². The van der Waals surface area contributed by atoms with Crippen molar-refractivity contribution in [3.63, 3.8) is 0 Å². The summed E-state index contributed by atoms with van der Waals surface area (Å²) in [6.07, 6.45) is 4.54. The molecular weight excluding hydrogens is 354 g/mol. The zero-order chi connectivity index (χ0) is 19.9. The molecule has 1 aromatic heterocycles. The van der Waals surface area contributed by atoms with Crippen molar-refractivity contribution in [2.45, 2.75) is 52.1 Å². The second-order valence-corrected chi connectivity index (χ2v) is 8.76. The Balaban J connectivity index is 1.45. The summed E-state index contributed by atoms with van der Waals surface area (Å²) in [7, 11) is 0. The first kappa shape index (κ1) is 19.5. The summed E-state index contributed by atoms with van der Waals surface area (Å²) in [4.78, 5) is 14.9. The van der Waals surface area contributed by atoms with E-state index in [2.05, 4.69) is 26.8 Å². The third-order valence-electron chi connectivity index (χ3n) is 6.85. The van der Waals surface area contributed by atoms with E-state index in [4.69, 9.17) is 9.15 Å². The van der Waals surface area contributed by atoms with Crippen molar-refractivity contribution in [2.75, 3.05) is 26.3 Å². The first-order valence-corrected chi connectivity index (χ1v) is 10.4. The molecule has 2 saturated heterocycles. The molecule has 2 fully saturated rings. The number of hydrogen-bond donors (Lipinski definition) is 1. The lowest BCUT2D eigenvalue weighted by molar-refractivity contribution is -0.150. The molecule has 1 N–H and O–H groups in total. The Morgan fingerprint density at radius 1 is 1.29 bits per heavy atom. The largest absolute Gasteiger partial charge is 0.464 e. The number of rotatable bonds is 3. The fourth-order valence-electron chi connectivity index (χ4n) is 5.20. The molecule has 0 radical (unpaired) electrons. The van der Waals surface area contributed by atoms with Crippen LogP contribution in [-0.2, 0) is 16.0 Å². The molecule has 152 valence electrons. The minimum absolute atomic E-state index is 0.0683. The van der Waals surface area contributed by atoms with E-state index in [1.165, 1.54) is 0 Å². The molecule has 2 aromatic rings. The van der Waals surface area contributed by atoms with Gasteiger partial charge in [0.25, 0.3) is 0 Å². The maximum absolute atomic E-state index is 13.0. The molecular formula is C23H31NO4. The zero-order valence-electron chi connectivity index (χ0n) is 17.2. The zero-order valence-corrected chi connectivity index (χ0v) is 17.2. The van der Waals surface area contributed by atoms with E-state index in [9.17, 15) is 9.90 Å². The fraction of sp³-hybridized carbons (Fsp3) is 0.609. The summed E-state index contributed by atoms with van der Waals surface area (Å²) >= 11 is 0. The van der Waals surface area contributed by atoms with E-state index in [0.29, 0.717) is 25.9 Å². The lowest BCUT2D eigenvalue weighted by Gasteiger charge is -2.48. The number of amides is 1. The Kier molecular flexibility index (Phi) is 5.23. The second kappa shape index (κ2) is 7.53. The number of hydrogen-bond acceptors (Lipinski definition) is 4. The molecule has 1 aromatic carbocycles. The Morgan fingerprint density at radius 2 is 2.04 bits per heavy atom. The standard InChI is InChI=1S/C23H31NO4/c1-15-10-16(2)22-18(14-28-20(22)11-15)12-21(25)24-7-6-23(26,17(3)13-24)19-4-8-27-9-5-19/h10-11,14,17,19,26H,4-9,12-13H2,1-3H3. The number of likely N-dealkylation sites (tertiary alicyclic amines) is 1. The number of nitrogens with zero attached hydrogens (tertiary/aromatic N) is 1. The van der Waals surface area contributed by atoms with Crippen molar-refractivity contribution in [3.8, 4) is 0 Å². The highest BCUT2D eigenvalue weighted by atomic mass is 16.5. The van der Waals surface area contributed by atoms with Crippen LogP contribution in [0.5, 0.6) is 0 Å². The average Bonchev–Trinajstić information content (AvgIpc) is 3.07. The number of fused-ring (bicyclic) bond motifs is 1. The number of piperidine rings is 1. The van der Waals surface area contributed by atoms with Gasteiger partial charge in [-0.1, -0.05) is 13.0 Å². The van der Waals surface area contributed by atoms with Crippen LogP contribution in [0, 0.1) is 25.7 Å². The average molecular weight is 386 g/mol. The number of carbonyl (C=O) groups is 1. The number of furan rings is 1. The number of carbonyl (C=O) groups excluding carboxylic acids is 1. The van der Waals surface area contributed by atoms with E-state index in [0.717, 1.165) is 53.7 Å². The van der Waals surface area contributed by atoms with E-state index in [-0.39, 0.29) is 17.7 Å². The molecule has 4 rings (SSSR count). The highest BCUT2D eigenvalue weighted by Crippen LogP contribution is 2.39. The van der Waals surface area contributed by atoms with Crippen LogP contribution in [0.15, 0.2) is 22.8 Å². The van der Waals surface area contributed by atoms with Crippen molar-refractivity contribution in [1.82, 2.24) is 4.90 Å². The lowest BCUT2D eigenvalue weighted by Crippen LogP contribution is -2.57. The predicted molar refractivity (Wildman–Crippen MR) is 108 cm³/mol. The summed E-state index contributed by atoms with van der Waals surface area (Å²) in [5.41, 5.74) is 3.43. The van der Waals surface area contributed by atoms with Gasteiger partial charge in [-0.15, -0.1) is 0 Å². The Hall–Kier alpha value is -1.85. The summed E-state index contributed by atoms with van der Waals surface area (Å²) < 4.78 is 11.2. The Morgan fingerprint density at radius 3 is 2.75 bits per heavy atom. The van der Waals surface area contributed by atoms with Gasteiger partial charge in [0.1, 0.15) is 5.58 Å². The molecule has 2 unspecified atom stereocenters. The van der Waals surface area contributed by atoms with Gasteiger partial charge in [-0.3, -0.25) is 4.79 Å². The molecule has 0 aliphatic carbocycles. The van der Waals surface area contributed by atoms with Crippen molar-refractivity contribution in [1.29, 1.82) is 0 Å². The van der Waals surface area contributed by atoms with Crippen molar-refractivity contribution in [2.24, 2.45) is 11.8 Å². The molecule has 5 heteroatoms. The number of aryl methyl sites for hydroxylation is 2. The summed E-state index contributed by atoms with van der Waals surface area (Å²) in [6.45, 7) is 8.88. The highest BCUT2D eigenvalue weighted by Gasteiger charge is 2.46. The smallest absolute Gasteiger partial charge is 0.227 e. The van der Waals surface area contributed by atoms with E-state index in [1.807, 2.05) is 11.0 Å². The van der Waals surface area contributed by atoms with Crippen LogP contribution in [0.3, 0.4) is 0 Å². The first-order valence-electron chi connectivity index (χ1n) is 10.4. The van der Waals surface area contributed by atoms with Crippen LogP contribution in [0.1, 0.15) is 42.9 Å². The monoisotopic (exact) mass is 385 g/mol. The van der Waals surface area contributed by atoms with Crippen molar-refractivity contribution in [3.05, 3.63) is 35.1 Å². The van der Waals surface area contributed by atoms with Gasteiger partial charge in [0.2, 0.25) is 5.91 Å². The number of benzene rings is 1. The molecule has 5 nitrogen and oxygen atoms in total. The van der Waals surface area contributed by atoms with Gasteiger partial charge in [0, 0.05) is 43.2 Å². The minimum atomic E-state index is -0.684. The van der Waals surface area contributed by atoms with Gasteiger partial charge in [-0.25, -0.2) is 0 Å². The predicted octanol–water partition coefficient (Wildman–Crippen LogP) is 3.62. The Bertz CT molecular complexity index is 867. The number of ether oxygens (including phenoxy) is 1. The van der Waals surface area contributed by atoms with Gasteiger partial charge in [0.15, 0.2) is 0 Å². The highest BCUT2D eigenvalue weighted by molar-refractivity contribution is 5.90. The van der Waals surface area contributed by atoms with Gasteiger partial charge in [0.05, 0.1) is 18.3 Å². The van der Waals surface area contributed by atoms with Gasteiger partial charge in [-0.2, -0.15) is 0 Å². The van der Waals surface area contributed by atoms with Crippen LogP contribution in [0.4, 0.5) is 0 Å². The third-order valence-corrected chi connectivity index (χ3v) is 6.85. The third kappa shape index (κ3) is 3.46. The summed E-state index contributed by atoms with van der Waals surface area (Å²) in [6, 6.07) is 4.15. The molecule has 2 aliphatic rings. The van der Waals surface area contributed by atoms with Gasteiger partial charge in [-0.05, 0) is 56.2 Å². The molecule has 2 aliphatic heterocycles. The molecule has 1 amide bonds. The molecule has 28 heavy (non-hydrogen) atoms. The Labute approximate surface area is 166 Å². The molecule has 2 atom stereocenters. The van der Waals surface area contributed by atoms with Crippen molar-refractivity contribution >= 4 is 16.9 Å². The maximum Gasteiger partial charge on any atom is 0.227 e. The summed E-state index contributed by atoms with van der Waals surface area (Å²) in [5.74, 6) is 0.458. The molecule has 0 bridgehead atoms. The second-order valence-electron chi connectivity index (χ2n) is 8.76. The first-order chi connectivity index (χ1) is 13.4. The van der Waals surface area contributed by atoms with Crippen LogP contribution >= 0.6 is 0 Å². The van der Waals surface area contributed by atoms with Gasteiger partial charge >= 0.3 is 0 Å². The van der Waals surface area contributed by atoms with E-state index >= 15 is 0 Å². The molecule has 0 spiro atoms. The molecule has 0 saturated carbocycles. The summed E-state index contributed by atoms with van der Waals surface area (Å²) in [5, 5.41) is 12.4. The van der Waals surface area contributed by atoms with Crippen LogP contribution in [-0.4, -0.2) is 47.8 Å². The minimum Gasteiger partial charge on any atom is -0.464 e. The van der Waals surface area contributed by atoms with E-state index in [1.54, 1.807) is 6.26 Å². The normalized spacial score (nSPS) is 26.7. The van der Waals surface area contributed by atoms with Gasteiger partial charge < -0.3 is 19.2 Å². The van der Waals surface area contributed by atoms with Crippen LogP contribution in [0.2, 0.25) is 0 Å². The quantitative estimate of drug-likeness (QED) is 0.877. The number of aliphatic hydroxyl groups is 1. The lowest BCUT2D eigenvalue weighted by atomic mass is 9.70. The fourth-order valence-corrected chi connectivity index (χ4v) is 5.20. The maximum atomic E-state index is 13.0. The van der Waals surface area contributed by atoms with Crippen LogP contribution in [0.25, 0.3) is 11.0 Å². The van der Waals surface area contributed by atoms with Crippen molar-refractivity contribution < 1.29 is 19.1 Å².